The molecule has 2 heteroatoms. The van der Waals surface area contributed by atoms with E-state index in [1.54, 1.807) is 0 Å². The SMILES string of the molecule is C#CCCCSc1ccc(CN)cc1. The molecule has 0 aliphatic rings. The second kappa shape index (κ2) is 6.53. The summed E-state index contributed by atoms with van der Waals surface area (Å²) in [6.07, 6.45) is 7.12. The van der Waals surface area contributed by atoms with Crippen LogP contribution in [0.4, 0.5) is 0 Å². The van der Waals surface area contributed by atoms with Crippen molar-refractivity contribution in [1.82, 2.24) is 0 Å². The van der Waals surface area contributed by atoms with Crippen LogP contribution in [0.5, 0.6) is 0 Å². The van der Waals surface area contributed by atoms with Gasteiger partial charge in [-0.3, -0.25) is 0 Å². The van der Waals surface area contributed by atoms with Crippen LogP contribution < -0.4 is 5.73 Å². The molecule has 0 aliphatic heterocycles. The van der Waals surface area contributed by atoms with Crippen molar-refractivity contribution in [2.75, 3.05) is 5.75 Å². The standard InChI is InChI=1S/C12H15NS/c1-2-3-4-9-14-12-7-5-11(10-13)6-8-12/h1,5-8H,3-4,9-10,13H2. The summed E-state index contributed by atoms with van der Waals surface area (Å²) in [5.74, 6) is 3.73. The summed E-state index contributed by atoms with van der Waals surface area (Å²) in [5.41, 5.74) is 6.69. The molecule has 0 radical (unpaired) electrons. The van der Waals surface area contributed by atoms with Gasteiger partial charge in [0.25, 0.3) is 0 Å². The second-order valence-corrected chi connectivity index (χ2v) is 4.17. The van der Waals surface area contributed by atoms with Crippen LogP contribution in [0.25, 0.3) is 0 Å². The zero-order chi connectivity index (χ0) is 10.2. The zero-order valence-corrected chi connectivity index (χ0v) is 9.02. The first-order valence-electron chi connectivity index (χ1n) is 4.72. The van der Waals surface area contributed by atoms with Crippen molar-refractivity contribution in [3.05, 3.63) is 29.8 Å². The summed E-state index contributed by atoms with van der Waals surface area (Å²) in [6.45, 7) is 0.613. The first-order chi connectivity index (χ1) is 6.86. The molecule has 0 spiro atoms. The second-order valence-electron chi connectivity index (χ2n) is 3.00. The Bertz CT molecular complexity index is 297. The lowest BCUT2D eigenvalue weighted by atomic mass is 10.2. The van der Waals surface area contributed by atoms with Gasteiger partial charge in [0.1, 0.15) is 0 Å². The summed E-state index contributed by atoms with van der Waals surface area (Å²) in [7, 11) is 0. The Morgan fingerprint density at radius 3 is 2.57 bits per heavy atom. The van der Waals surface area contributed by atoms with Gasteiger partial charge >= 0.3 is 0 Å². The first-order valence-corrected chi connectivity index (χ1v) is 5.70. The third kappa shape index (κ3) is 3.87. The molecular formula is C12H15NS. The molecule has 1 nitrogen and oxygen atoms in total. The predicted octanol–water partition coefficient (Wildman–Crippen LogP) is 2.65. The van der Waals surface area contributed by atoms with Gasteiger partial charge in [-0.05, 0) is 29.9 Å². The van der Waals surface area contributed by atoms with Gasteiger partial charge < -0.3 is 5.73 Å². The van der Waals surface area contributed by atoms with E-state index in [1.807, 2.05) is 11.8 Å². The van der Waals surface area contributed by atoms with Gasteiger partial charge in [-0.1, -0.05) is 12.1 Å². The molecule has 0 saturated heterocycles. The minimum Gasteiger partial charge on any atom is -0.326 e. The maximum atomic E-state index is 5.51. The molecule has 14 heavy (non-hydrogen) atoms. The van der Waals surface area contributed by atoms with Crippen molar-refractivity contribution in [1.29, 1.82) is 0 Å². The maximum absolute atomic E-state index is 5.51. The number of rotatable bonds is 5. The normalized spacial score (nSPS) is 9.71. The van der Waals surface area contributed by atoms with Crippen molar-refractivity contribution in [3.8, 4) is 12.3 Å². The molecule has 74 valence electrons. The van der Waals surface area contributed by atoms with E-state index in [0.717, 1.165) is 18.6 Å². The number of hydrogen-bond acceptors (Lipinski definition) is 2. The molecular weight excluding hydrogens is 190 g/mol. The van der Waals surface area contributed by atoms with Gasteiger partial charge in [0, 0.05) is 17.9 Å². The monoisotopic (exact) mass is 205 g/mol. The van der Waals surface area contributed by atoms with Crippen molar-refractivity contribution >= 4 is 11.8 Å². The first kappa shape index (κ1) is 11.2. The van der Waals surface area contributed by atoms with Crippen LogP contribution in [0, 0.1) is 12.3 Å². The average molecular weight is 205 g/mol. The molecule has 0 heterocycles. The highest BCUT2D eigenvalue weighted by Gasteiger charge is 1.93. The molecule has 0 fully saturated rings. The lowest BCUT2D eigenvalue weighted by Crippen LogP contribution is -1.94. The molecule has 0 saturated carbocycles. The zero-order valence-electron chi connectivity index (χ0n) is 8.20. The Kier molecular flexibility index (Phi) is 5.21. The van der Waals surface area contributed by atoms with Crippen LogP contribution in [-0.4, -0.2) is 5.75 Å². The fraction of sp³-hybridized carbons (Fsp3) is 0.333. The number of benzene rings is 1. The lowest BCUT2D eigenvalue weighted by molar-refractivity contribution is 0.997. The summed E-state index contributed by atoms with van der Waals surface area (Å²) in [5, 5.41) is 0. The van der Waals surface area contributed by atoms with Crippen LogP contribution in [0.1, 0.15) is 18.4 Å². The number of hydrogen-bond donors (Lipinski definition) is 1. The van der Waals surface area contributed by atoms with E-state index >= 15 is 0 Å². The Morgan fingerprint density at radius 2 is 2.00 bits per heavy atom. The van der Waals surface area contributed by atoms with Gasteiger partial charge in [0.2, 0.25) is 0 Å². The Labute approximate surface area is 90.1 Å². The molecule has 0 bridgehead atoms. The Morgan fingerprint density at radius 1 is 1.29 bits per heavy atom. The van der Waals surface area contributed by atoms with Crippen molar-refractivity contribution in [2.24, 2.45) is 5.73 Å². The number of unbranched alkanes of at least 4 members (excludes halogenated alkanes) is 1. The average Bonchev–Trinajstić information content (AvgIpc) is 2.25. The smallest absolute Gasteiger partial charge is 0.0178 e. The van der Waals surface area contributed by atoms with E-state index in [2.05, 4.69) is 30.2 Å². The highest BCUT2D eigenvalue weighted by molar-refractivity contribution is 7.99. The largest absolute Gasteiger partial charge is 0.326 e. The van der Waals surface area contributed by atoms with Crippen LogP contribution in [0.15, 0.2) is 29.2 Å². The minimum atomic E-state index is 0.613. The molecule has 1 aromatic rings. The Hall–Kier alpha value is -0.910. The van der Waals surface area contributed by atoms with Crippen LogP contribution >= 0.6 is 11.8 Å². The molecule has 1 aromatic carbocycles. The maximum Gasteiger partial charge on any atom is 0.0178 e. The highest BCUT2D eigenvalue weighted by atomic mass is 32.2. The van der Waals surface area contributed by atoms with Gasteiger partial charge in [-0.25, -0.2) is 0 Å². The third-order valence-corrected chi connectivity index (χ3v) is 2.99. The fourth-order valence-corrected chi connectivity index (χ4v) is 1.94. The van der Waals surface area contributed by atoms with Gasteiger partial charge in [-0.2, -0.15) is 0 Å². The molecule has 1 rings (SSSR count). The topological polar surface area (TPSA) is 26.0 Å². The molecule has 0 amide bonds. The van der Waals surface area contributed by atoms with E-state index in [4.69, 9.17) is 12.2 Å². The predicted molar refractivity (Wildman–Crippen MR) is 63.1 cm³/mol. The molecule has 2 N–H and O–H groups in total. The van der Waals surface area contributed by atoms with Crippen LogP contribution in [0.3, 0.4) is 0 Å². The van der Waals surface area contributed by atoms with Gasteiger partial charge in [0.15, 0.2) is 0 Å². The van der Waals surface area contributed by atoms with Gasteiger partial charge in [0.05, 0.1) is 0 Å². The van der Waals surface area contributed by atoms with E-state index < -0.39 is 0 Å². The fourth-order valence-electron chi connectivity index (χ4n) is 1.09. The molecule has 0 atom stereocenters. The van der Waals surface area contributed by atoms with Crippen molar-refractivity contribution in [3.63, 3.8) is 0 Å². The van der Waals surface area contributed by atoms with Gasteiger partial charge in [-0.15, -0.1) is 24.1 Å². The number of terminal acetylenes is 1. The number of nitrogens with two attached hydrogens (primary N) is 1. The van der Waals surface area contributed by atoms with Crippen LogP contribution in [0.2, 0.25) is 0 Å². The highest BCUT2D eigenvalue weighted by Crippen LogP contribution is 2.19. The van der Waals surface area contributed by atoms with E-state index in [1.165, 1.54) is 10.5 Å². The van der Waals surface area contributed by atoms with Crippen molar-refractivity contribution in [2.45, 2.75) is 24.3 Å². The van der Waals surface area contributed by atoms with E-state index in [0.29, 0.717) is 6.54 Å². The quantitative estimate of drug-likeness (QED) is 0.454. The minimum absolute atomic E-state index is 0.613. The summed E-state index contributed by atoms with van der Waals surface area (Å²) >= 11 is 1.84. The Balaban J connectivity index is 2.33. The molecule has 0 aromatic heterocycles. The summed E-state index contributed by atoms with van der Waals surface area (Å²) < 4.78 is 0. The van der Waals surface area contributed by atoms with Crippen molar-refractivity contribution < 1.29 is 0 Å². The third-order valence-electron chi connectivity index (χ3n) is 1.89. The van der Waals surface area contributed by atoms with Crippen LogP contribution in [-0.2, 0) is 6.54 Å². The number of thioether (sulfide) groups is 1. The summed E-state index contributed by atoms with van der Waals surface area (Å²) in [6, 6.07) is 8.37. The van der Waals surface area contributed by atoms with E-state index in [-0.39, 0.29) is 0 Å². The molecule has 0 aliphatic carbocycles. The lowest BCUT2D eigenvalue weighted by Gasteiger charge is -2.01. The molecule has 0 unspecified atom stereocenters. The summed E-state index contributed by atoms with van der Waals surface area (Å²) in [4.78, 5) is 1.29. The van der Waals surface area contributed by atoms with E-state index in [9.17, 15) is 0 Å².